The average Bonchev–Trinajstić information content (AvgIpc) is 3.11. The second kappa shape index (κ2) is 10.3. The summed E-state index contributed by atoms with van der Waals surface area (Å²) < 4.78 is 46.2. The molecule has 0 amide bonds. The second-order valence-corrected chi connectivity index (χ2v) is 11.1. The molecule has 188 valence electrons. The number of aromatic nitrogens is 2. The van der Waals surface area contributed by atoms with Crippen molar-refractivity contribution in [3.05, 3.63) is 71.1 Å². The minimum atomic E-state index is -4.17. The number of carbonyl (C=O) groups is 1. The number of imidazole rings is 1. The summed E-state index contributed by atoms with van der Waals surface area (Å²) in [6.45, 7) is 8.63. The summed E-state index contributed by atoms with van der Waals surface area (Å²) in [6.07, 6.45) is 1.63. The first-order chi connectivity index (χ1) is 16.4. The van der Waals surface area contributed by atoms with Crippen molar-refractivity contribution >= 4 is 16.0 Å². The van der Waals surface area contributed by atoms with Crippen LogP contribution in [0.15, 0.2) is 47.4 Å². The number of sulfonamides is 1. The molecule has 0 saturated carbocycles. The van der Waals surface area contributed by atoms with Gasteiger partial charge in [0.1, 0.15) is 16.5 Å². The van der Waals surface area contributed by atoms with Gasteiger partial charge in [-0.15, -0.1) is 0 Å². The molecule has 0 aliphatic carbocycles. The van der Waals surface area contributed by atoms with Crippen LogP contribution < -0.4 is 4.72 Å². The first-order valence-electron chi connectivity index (χ1n) is 11.6. The number of aryl methyl sites for hydroxylation is 2. The predicted molar refractivity (Wildman–Crippen MR) is 134 cm³/mol. The smallest absolute Gasteiger partial charge is 0.354 e. The van der Waals surface area contributed by atoms with Crippen molar-refractivity contribution in [2.24, 2.45) is 0 Å². The number of hydrogen-bond donors (Lipinski definition) is 2. The number of aromatic carboxylic acids is 1. The summed E-state index contributed by atoms with van der Waals surface area (Å²) in [5, 5.41) is 9.94. The fraction of sp³-hybridized carbons (Fsp3) is 0.385. The molecule has 2 aromatic carbocycles. The zero-order chi connectivity index (χ0) is 26.0. The minimum absolute atomic E-state index is 0.00422. The average molecular weight is 502 g/mol. The first-order valence-corrected chi connectivity index (χ1v) is 13.1. The fourth-order valence-corrected chi connectivity index (χ4v) is 5.61. The Balaban J connectivity index is 2.30. The maximum Gasteiger partial charge on any atom is 0.354 e. The van der Waals surface area contributed by atoms with E-state index in [0.717, 1.165) is 6.42 Å². The lowest BCUT2D eigenvalue weighted by molar-refractivity contribution is 0.0683. The Morgan fingerprint density at radius 1 is 1.11 bits per heavy atom. The van der Waals surface area contributed by atoms with E-state index in [1.807, 2.05) is 19.9 Å². The van der Waals surface area contributed by atoms with E-state index in [-0.39, 0.29) is 17.8 Å². The summed E-state index contributed by atoms with van der Waals surface area (Å²) in [4.78, 5) is 16.2. The highest BCUT2D eigenvalue weighted by Crippen LogP contribution is 2.32. The number of carboxylic acids is 1. The minimum Gasteiger partial charge on any atom is -0.477 e. The molecule has 1 aromatic heterocycles. The van der Waals surface area contributed by atoms with E-state index in [0.29, 0.717) is 35.5 Å². The highest BCUT2D eigenvalue weighted by molar-refractivity contribution is 7.89. The molecule has 3 aromatic rings. The van der Waals surface area contributed by atoms with E-state index >= 15 is 4.39 Å². The fourth-order valence-electron chi connectivity index (χ4n) is 4.09. The highest BCUT2D eigenvalue weighted by atomic mass is 32.2. The molecule has 2 N–H and O–H groups in total. The van der Waals surface area contributed by atoms with Crippen molar-refractivity contribution in [2.75, 3.05) is 0 Å². The molecule has 0 bridgehead atoms. The molecular weight excluding hydrogens is 469 g/mol. The molecular formula is C26H32FN3O4S. The quantitative estimate of drug-likeness (QED) is 0.428. The standard InChI is InChI=1S/C26H32FN3O4S/c1-6-11-22-28-20(7-2)24(25(31)32)30(22)16-19-18(17-12-9-8-10-13-17)14-15-21(23(19)27)35(33,34)29-26(3,4)5/h8-10,12-15,29H,6-7,11,16H2,1-5H3,(H,31,32). The van der Waals surface area contributed by atoms with Crippen LogP contribution in [0.25, 0.3) is 11.1 Å². The molecule has 0 atom stereocenters. The van der Waals surface area contributed by atoms with Crippen LogP contribution in [0.2, 0.25) is 0 Å². The van der Waals surface area contributed by atoms with Gasteiger partial charge in [0.15, 0.2) is 5.69 Å². The molecule has 0 unspecified atom stereocenters. The van der Waals surface area contributed by atoms with Gasteiger partial charge in [0.25, 0.3) is 0 Å². The third-order valence-corrected chi connectivity index (χ3v) is 7.24. The number of halogens is 1. The van der Waals surface area contributed by atoms with Crippen LogP contribution in [0.4, 0.5) is 4.39 Å². The number of nitrogens with zero attached hydrogens (tertiary/aromatic N) is 2. The van der Waals surface area contributed by atoms with Crippen LogP contribution in [0.5, 0.6) is 0 Å². The van der Waals surface area contributed by atoms with E-state index < -0.39 is 32.2 Å². The largest absolute Gasteiger partial charge is 0.477 e. The lowest BCUT2D eigenvalue weighted by Gasteiger charge is -2.22. The van der Waals surface area contributed by atoms with Crippen molar-refractivity contribution in [1.29, 1.82) is 0 Å². The Morgan fingerprint density at radius 3 is 2.31 bits per heavy atom. The summed E-state index contributed by atoms with van der Waals surface area (Å²) in [7, 11) is -4.17. The molecule has 35 heavy (non-hydrogen) atoms. The van der Waals surface area contributed by atoms with Crippen molar-refractivity contribution in [2.45, 2.75) is 70.9 Å². The maximum absolute atomic E-state index is 16.1. The molecule has 0 radical (unpaired) electrons. The van der Waals surface area contributed by atoms with Crippen LogP contribution in [-0.2, 0) is 29.4 Å². The van der Waals surface area contributed by atoms with Gasteiger partial charge in [0, 0.05) is 17.5 Å². The summed E-state index contributed by atoms with van der Waals surface area (Å²) in [6, 6.07) is 11.9. The zero-order valence-corrected chi connectivity index (χ0v) is 21.5. The van der Waals surface area contributed by atoms with Crippen molar-refractivity contribution in [1.82, 2.24) is 14.3 Å². The molecule has 1 heterocycles. The number of carboxylic acid groups (broad SMARTS) is 1. The number of hydrogen-bond acceptors (Lipinski definition) is 4. The Morgan fingerprint density at radius 2 is 1.77 bits per heavy atom. The monoisotopic (exact) mass is 501 g/mol. The summed E-state index contributed by atoms with van der Waals surface area (Å²) in [5.74, 6) is -1.54. The van der Waals surface area contributed by atoms with Crippen molar-refractivity contribution in [3.8, 4) is 11.1 Å². The Bertz CT molecular complexity index is 1330. The number of nitrogens with one attached hydrogen (secondary N) is 1. The van der Waals surface area contributed by atoms with Gasteiger partial charge in [-0.3, -0.25) is 0 Å². The third kappa shape index (κ3) is 5.79. The summed E-state index contributed by atoms with van der Waals surface area (Å²) in [5.41, 5.74) is 0.876. The Labute approximate surface area is 206 Å². The first kappa shape index (κ1) is 26.6. The van der Waals surface area contributed by atoms with Gasteiger partial charge in [-0.2, -0.15) is 0 Å². The van der Waals surface area contributed by atoms with Crippen molar-refractivity contribution < 1.29 is 22.7 Å². The molecule has 0 saturated heterocycles. The molecule has 9 heteroatoms. The Kier molecular flexibility index (Phi) is 7.81. The van der Waals surface area contributed by atoms with Gasteiger partial charge in [-0.1, -0.05) is 50.2 Å². The van der Waals surface area contributed by atoms with Crippen LogP contribution in [0.1, 0.15) is 68.6 Å². The molecule has 0 spiro atoms. The Hall–Kier alpha value is -3.04. The lowest BCUT2D eigenvalue weighted by atomic mass is 9.99. The number of benzene rings is 2. The number of rotatable bonds is 9. The maximum atomic E-state index is 16.1. The topological polar surface area (TPSA) is 101 Å². The van der Waals surface area contributed by atoms with Crippen molar-refractivity contribution in [3.63, 3.8) is 0 Å². The highest BCUT2D eigenvalue weighted by Gasteiger charge is 2.29. The molecule has 0 aliphatic rings. The molecule has 3 rings (SSSR count). The summed E-state index contributed by atoms with van der Waals surface area (Å²) >= 11 is 0. The van der Waals surface area contributed by atoms with E-state index in [9.17, 15) is 18.3 Å². The van der Waals surface area contributed by atoms with E-state index in [4.69, 9.17) is 0 Å². The molecule has 0 aliphatic heterocycles. The van der Waals surface area contributed by atoms with Gasteiger partial charge in [0.2, 0.25) is 10.0 Å². The van der Waals surface area contributed by atoms with Crippen LogP contribution in [-0.4, -0.2) is 34.6 Å². The normalized spacial score (nSPS) is 12.2. The predicted octanol–water partition coefficient (Wildman–Crippen LogP) is 5.03. The van der Waals surface area contributed by atoms with Crippen LogP contribution >= 0.6 is 0 Å². The van der Waals surface area contributed by atoms with Gasteiger partial charge in [0.05, 0.1) is 12.2 Å². The lowest BCUT2D eigenvalue weighted by Crippen LogP contribution is -2.40. The SMILES string of the molecule is CCCc1nc(CC)c(C(=O)O)n1Cc1c(-c2ccccc2)ccc(S(=O)(=O)NC(C)(C)C)c1F. The van der Waals surface area contributed by atoms with Gasteiger partial charge in [-0.05, 0) is 50.8 Å². The van der Waals surface area contributed by atoms with E-state index in [1.165, 1.54) is 10.6 Å². The van der Waals surface area contributed by atoms with Crippen LogP contribution in [0, 0.1) is 5.82 Å². The van der Waals surface area contributed by atoms with Gasteiger partial charge < -0.3 is 9.67 Å². The van der Waals surface area contributed by atoms with Gasteiger partial charge in [-0.25, -0.2) is 27.3 Å². The third-order valence-electron chi connectivity index (χ3n) is 5.47. The molecule has 7 nitrogen and oxygen atoms in total. The zero-order valence-electron chi connectivity index (χ0n) is 20.7. The van der Waals surface area contributed by atoms with E-state index in [1.54, 1.807) is 51.1 Å². The second-order valence-electron chi connectivity index (χ2n) is 9.44. The van der Waals surface area contributed by atoms with Gasteiger partial charge >= 0.3 is 5.97 Å². The molecule has 0 fully saturated rings. The van der Waals surface area contributed by atoms with E-state index in [2.05, 4.69) is 9.71 Å². The van der Waals surface area contributed by atoms with Crippen LogP contribution in [0.3, 0.4) is 0 Å².